The summed E-state index contributed by atoms with van der Waals surface area (Å²) >= 11 is 1.18. The van der Waals surface area contributed by atoms with Crippen LogP contribution in [0.15, 0.2) is 58.1 Å². The summed E-state index contributed by atoms with van der Waals surface area (Å²) in [5.74, 6) is 0.454. The maximum Gasteiger partial charge on any atom is 0.296 e. The van der Waals surface area contributed by atoms with E-state index < -0.39 is 0 Å². The first-order chi connectivity index (χ1) is 13.9. The number of fused-ring (bicyclic) bond motifs is 1. The summed E-state index contributed by atoms with van der Waals surface area (Å²) in [6.45, 7) is 6.29. The molecule has 0 saturated carbocycles. The summed E-state index contributed by atoms with van der Waals surface area (Å²) in [5.41, 5.74) is 3.91. The van der Waals surface area contributed by atoms with E-state index in [9.17, 15) is 9.59 Å². The first-order valence-electron chi connectivity index (χ1n) is 9.51. The van der Waals surface area contributed by atoms with Crippen molar-refractivity contribution in [3.63, 3.8) is 0 Å². The second kappa shape index (κ2) is 7.72. The van der Waals surface area contributed by atoms with E-state index in [4.69, 9.17) is 0 Å². The molecule has 0 bridgehead atoms. The molecule has 0 saturated heterocycles. The van der Waals surface area contributed by atoms with Crippen molar-refractivity contribution in [3.05, 3.63) is 102 Å². The normalized spacial score (nSPS) is 12.2. The van der Waals surface area contributed by atoms with Crippen LogP contribution < -0.4 is 15.7 Å². The molecule has 0 spiro atoms. The molecule has 0 aliphatic carbocycles. The van der Waals surface area contributed by atoms with Gasteiger partial charge in [-0.25, -0.2) is 0 Å². The van der Waals surface area contributed by atoms with Crippen molar-refractivity contribution in [3.8, 4) is 0 Å². The van der Waals surface area contributed by atoms with Crippen LogP contribution in [0.2, 0.25) is 0 Å². The third kappa shape index (κ3) is 4.03. The van der Waals surface area contributed by atoms with Crippen LogP contribution in [0.4, 0.5) is 0 Å². The third-order valence-corrected chi connectivity index (χ3v) is 5.80. The second-order valence-corrected chi connectivity index (χ2v) is 8.47. The molecule has 0 radical (unpaired) electrons. The Morgan fingerprint density at radius 3 is 2.38 bits per heavy atom. The van der Waals surface area contributed by atoms with Crippen LogP contribution in [0.25, 0.3) is 11.0 Å². The molecule has 146 valence electrons. The van der Waals surface area contributed by atoms with Gasteiger partial charge in [-0.05, 0) is 35.6 Å². The van der Waals surface area contributed by atoms with Crippen LogP contribution in [0.5, 0.6) is 0 Å². The van der Waals surface area contributed by atoms with Gasteiger partial charge in [0.05, 0.1) is 4.53 Å². The molecule has 2 heterocycles. The maximum atomic E-state index is 12.8. The van der Waals surface area contributed by atoms with E-state index >= 15 is 0 Å². The van der Waals surface area contributed by atoms with Crippen LogP contribution in [0.1, 0.15) is 47.7 Å². The molecule has 0 fully saturated rings. The Balaban J connectivity index is 1.74. The van der Waals surface area contributed by atoms with Gasteiger partial charge in [0.1, 0.15) is 5.69 Å². The quantitative estimate of drug-likeness (QED) is 0.525. The van der Waals surface area contributed by atoms with Gasteiger partial charge in [-0.2, -0.15) is 14.6 Å². The van der Waals surface area contributed by atoms with Crippen molar-refractivity contribution < 1.29 is 0 Å². The second-order valence-electron chi connectivity index (χ2n) is 7.46. The van der Waals surface area contributed by atoms with E-state index in [0.29, 0.717) is 21.8 Å². The van der Waals surface area contributed by atoms with Gasteiger partial charge in [-0.15, -0.1) is 0 Å². The van der Waals surface area contributed by atoms with Crippen molar-refractivity contribution in [2.45, 2.75) is 33.1 Å². The standard InChI is InChI=1S/C23H21N3O2S/c1-14(2)18-10-8-17(9-11-18)13-20-22(28)26-23(29-20)24-21(27)19(25-26)12-16-6-4-15(3)5-7-16/h4-11,13-14H,12H2,1-3H3/b20-13+. The van der Waals surface area contributed by atoms with Gasteiger partial charge in [-0.1, -0.05) is 79.3 Å². The fourth-order valence-electron chi connectivity index (χ4n) is 3.08. The molecule has 0 amide bonds. The molecule has 4 aromatic rings. The molecule has 29 heavy (non-hydrogen) atoms. The average molecular weight is 404 g/mol. The molecular weight excluding hydrogens is 382 g/mol. The highest BCUT2D eigenvalue weighted by molar-refractivity contribution is 7.15. The topological polar surface area (TPSA) is 64.3 Å². The summed E-state index contributed by atoms with van der Waals surface area (Å²) in [4.78, 5) is 29.6. The monoisotopic (exact) mass is 403 g/mol. The predicted octanol–water partition coefficient (Wildman–Crippen LogP) is 3.08. The van der Waals surface area contributed by atoms with E-state index in [1.165, 1.54) is 21.4 Å². The summed E-state index contributed by atoms with van der Waals surface area (Å²) in [5, 5.41) is 4.31. The molecule has 5 nitrogen and oxygen atoms in total. The van der Waals surface area contributed by atoms with Gasteiger partial charge in [-0.3, -0.25) is 9.59 Å². The Morgan fingerprint density at radius 1 is 1.03 bits per heavy atom. The molecule has 0 unspecified atom stereocenters. The largest absolute Gasteiger partial charge is 0.296 e. The lowest BCUT2D eigenvalue weighted by atomic mass is 10.0. The van der Waals surface area contributed by atoms with Crippen molar-refractivity contribution in [1.29, 1.82) is 0 Å². The molecule has 2 aromatic carbocycles. The number of aromatic nitrogens is 3. The minimum absolute atomic E-state index is 0.254. The Labute approximate surface area is 172 Å². The van der Waals surface area contributed by atoms with E-state index in [2.05, 4.69) is 36.1 Å². The van der Waals surface area contributed by atoms with Crippen molar-refractivity contribution in [2.24, 2.45) is 0 Å². The number of hydrogen-bond acceptors (Lipinski definition) is 5. The Morgan fingerprint density at radius 2 is 1.72 bits per heavy atom. The zero-order valence-corrected chi connectivity index (χ0v) is 17.4. The zero-order chi connectivity index (χ0) is 20.5. The van der Waals surface area contributed by atoms with Crippen molar-refractivity contribution in [1.82, 2.24) is 14.6 Å². The fraction of sp³-hybridized carbons (Fsp3) is 0.217. The minimum Gasteiger partial charge on any atom is -0.266 e. The number of thiazole rings is 1. The highest BCUT2D eigenvalue weighted by Gasteiger charge is 2.11. The predicted molar refractivity (Wildman–Crippen MR) is 117 cm³/mol. The van der Waals surface area contributed by atoms with E-state index in [1.54, 1.807) is 0 Å². The Hall–Kier alpha value is -3.12. The average Bonchev–Trinajstić information content (AvgIpc) is 2.99. The van der Waals surface area contributed by atoms with Crippen molar-refractivity contribution in [2.75, 3.05) is 0 Å². The summed E-state index contributed by atoms with van der Waals surface area (Å²) in [7, 11) is 0. The SMILES string of the molecule is Cc1ccc(Cc2nn3c(=O)/c(=C\c4ccc(C(C)C)cc4)sc3nc2=O)cc1. The number of hydrogen-bond donors (Lipinski definition) is 0. The van der Waals surface area contributed by atoms with E-state index in [0.717, 1.165) is 16.7 Å². The molecule has 0 aliphatic heterocycles. The number of rotatable bonds is 4. The highest BCUT2D eigenvalue weighted by atomic mass is 32.1. The number of nitrogens with zero attached hydrogens (tertiary/aromatic N) is 3. The van der Waals surface area contributed by atoms with Crippen LogP contribution in [0.3, 0.4) is 0 Å². The zero-order valence-electron chi connectivity index (χ0n) is 16.5. The Kier molecular flexibility index (Phi) is 5.11. The minimum atomic E-state index is -0.389. The van der Waals surface area contributed by atoms with Crippen LogP contribution in [0, 0.1) is 6.92 Å². The Bertz CT molecular complexity index is 1330. The molecule has 0 N–H and O–H groups in total. The number of benzene rings is 2. The van der Waals surface area contributed by atoms with Crippen molar-refractivity contribution >= 4 is 22.4 Å². The van der Waals surface area contributed by atoms with Gasteiger partial charge in [0.2, 0.25) is 4.96 Å². The highest BCUT2D eigenvalue weighted by Crippen LogP contribution is 2.15. The third-order valence-electron chi connectivity index (χ3n) is 4.84. The van der Waals surface area contributed by atoms with Crippen LogP contribution in [-0.2, 0) is 6.42 Å². The summed E-state index contributed by atoms with van der Waals surface area (Å²) in [6, 6.07) is 16.0. The molecule has 4 rings (SSSR count). The summed E-state index contributed by atoms with van der Waals surface area (Å²) < 4.78 is 1.75. The smallest absolute Gasteiger partial charge is 0.266 e. The fourth-order valence-corrected chi connectivity index (χ4v) is 3.98. The molecule has 0 atom stereocenters. The van der Waals surface area contributed by atoms with Gasteiger partial charge in [0, 0.05) is 6.42 Å². The van der Waals surface area contributed by atoms with E-state index in [1.807, 2.05) is 49.4 Å². The van der Waals surface area contributed by atoms with Crippen LogP contribution >= 0.6 is 11.3 Å². The van der Waals surface area contributed by atoms with Gasteiger partial charge >= 0.3 is 0 Å². The summed E-state index contributed by atoms with van der Waals surface area (Å²) in [6.07, 6.45) is 2.16. The first-order valence-corrected chi connectivity index (χ1v) is 10.3. The lowest BCUT2D eigenvalue weighted by Crippen LogP contribution is -2.28. The van der Waals surface area contributed by atoms with Crippen LogP contribution in [-0.4, -0.2) is 14.6 Å². The molecule has 6 heteroatoms. The molecular formula is C23H21N3O2S. The maximum absolute atomic E-state index is 12.8. The lowest BCUT2D eigenvalue weighted by molar-refractivity contribution is 0.811. The molecule has 2 aromatic heterocycles. The first kappa shape index (κ1) is 19.2. The number of aryl methyl sites for hydroxylation is 1. The van der Waals surface area contributed by atoms with Gasteiger partial charge < -0.3 is 0 Å². The van der Waals surface area contributed by atoms with Gasteiger partial charge in [0.25, 0.3) is 11.1 Å². The lowest BCUT2D eigenvalue weighted by Gasteiger charge is -2.04. The molecule has 0 aliphatic rings. The van der Waals surface area contributed by atoms with Gasteiger partial charge in [0.15, 0.2) is 0 Å². The van der Waals surface area contributed by atoms with E-state index in [-0.39, 0.29) is 16.8 Å².